The zero-order valence-corrected chi connectivity index (χ0v) is 22.4. The first-order valence-electron chi connectivity index (χ1n) is 8.17. The van der Waals surface area contributed by atoms with Gasteiger partial charge in [0.15, 0.2) is 0 Å². The topological polar surface area (TPSA) is 44.8 Å². The minimum absolute atomic E-state index is 0.0407. The minimum Gasteiger partial charge on any atom is -0.225 e. The number of rotatable bonds is 15. The van der Waals surface area contributed by atoms with E-state index in [2.05, 4.69) is 79.4 Å². The number of thiol groups is 3. The molecule has 0 aliphatic heterocycles. The van der Waals surface area contributed by atoms with E-state index >= 15 is 0 Å². The van der Waals surface area contributed by atoms with Gasteiger partial charge in [-0.2, -0.15) is 37.9 Å². The molecule has 0 aromatic heterocycles. The number of hydrogen-bond acceptors (Lipinski definition) is 10. The van der Waals surface area contributed by atoms with Crippen LogP contribution in [0.25, 0.3) is 0 Å². The van der Waals surface area contributed by atoms with Crippen LogP contribution < -0.4 is 0 Å². The van der Waals surface area contributed by atoms with Gasteiger partial charge in [-0.15, -0.1) is 0 Å². The second-order valence-corrected chi connectivity index (χ2v) is 13.6. The Balaban J connectivity index is 4.71. The van der Waals surface area contributed by atoms with Gasteiger partial charge >= 0.3 is 7.82 Å². The van der Waals surface area contributed by atoms with Gasteiger partial charge in [-0.05, 0) is 33.5 Å². The van der Waals surface area contributed by atoms with E-state index in [1.165, 1.54) is 0 Å². The van der Waals surface area contributed by atoms with Crippen molar-refractivity contribution in [1.82, 2.24) is 0 Å². The molecular weight excluding hydrogens is 468 g/mol. The highest BCUT2D eigenvalue weighted by Crippen LogP contribution is 2.59. The SMILES string of the molecule is CC(C)(CS)CSOP(=O)(OSCC(C)(C)CS)OSCC(C)(C)CS. The maximum absolute atomic E-state index is 12.9. The van der Waals surface area contributed by atoms with E-state index in [1.54, 1.807) is 0 Å². The van der Waals surface area contributed by atoms with Gasteiger partial charge in [-0.3, -0.25) is 0 Å². The van der Waals surface area contributed by atoms with Crippen LogP contribution in [0.3, 0.4) is 0 Å². The Bertz CT molecular complexity index is 386. The zero-order chi connectivity index (χ0) is 20.5. The Hall–Kier alpha value is 2.21. The van der Waals surface area contributed by atoms with Crippen molar-refractivity contribution in [3.8, 4) is 0 Å². The molecular formula is C15H33O4PS6. The minimum atomic E-state index is -3.69. The molecule has 0 aliphatic rings. The molecule has 0 saturated heterocycles. The van der Waals surface area contributed by atoms with Crippen LogP contribution in [0.1, 0.15) is 41.5 Å². The molecule has 0 spiro atoms. The molecule has 0 unspecified atom stereocenters. The van der Waals surface area contributed by atoms with Gasteiger partial charge in [-0.25, -0.2) is 16.5 Å². The lowest BCUT2D eigenvalue weighted by Crippen LogP contribution is -2.17. The lowest BCUT2D eigenvalue weighted by Gasteiger charge is -2.25. The summed E-state index contributed by atoms with van der Waals surface area (Å²) in [5, 5.41) is 0. The summed E-state index contributed by atoms with van der Waals surface area (Å²) in [5.41, 5.74) is -0.122. The molecule has 0 amide bonds. The van der Waals surface area contributed by atoms with Crippen molar-refractivity contribution < 1.29 is 16.5 Å². The van der Waals surface area contributed by atoms with Crippen molar-refractivity contribution in [3.63, 3.8) is 0 Å². The van der Waals surface area contributed by atoms with E-state index in [9.17, 15) is 4.57 Å². The van der Waals surface area contributed by atoms with Crippen LogP contribution in [0.2, 0.25) is 0 Å². The Labute approximate surface area is 189 Å². The van der Waals surface area contributed by atoms with Crippen molar-refractivity contribution in [2.75, 3.05) is 34.5 Å². The van der Waals surface area contributed by atoms with Gasteiger partial charge in [0.1, 0.15) is 0 Å². The van der Waals surface area contributed by atoms with Gasteiger partial charge in [0.2, 0.25) is 0 Å². The maximum atomic E-state index is 12.9. The van der Waals surface area contributed by atoms with Crippen LogP contribution in [0.15, 0.2) is 0 Å². The Kier molecular flexibility index (Phi) is 13.9. The highest BCUT2D eigenvalue weighted by atomic mass is 32.2. The molecule has 0 aromatic carbocycles. The molecule has 0 N–H and O–H groups in total. The zero-order valence-electron chi connectivity index (χ0n) is 16.4. The van der Waals surface area contributed by atoms with E-state index in [0.717, 1.165) is 36.1 Å². The van der Waals surface area contributed by atoms with E-state index in [0.29, 0.717) is 34.5 Å². The molecule has 0 radical (unpaired) electrons. The van der Waals surface area contributed by atoms with Crippen molar-refractivity contribution >= 4 is 81.8 Å². The number of hydrogen-bond donors (Lipinski definition) is 3. The first-order valence-corrected chi connectivity index (χ1v) is 14.3. The second kappa shape index (κ2) is 12.8. The smallest absolute Gasteiger partial charge is 0.225 e. The normalized spacial score (nSPS) is 14.0. The van der Waals surface area contributed by atoms with Crippen LogP contribution >= 0.6 is 81.8 Å². The highest BCUT2D eigenvalue weighted by molar-refractivity contribution is 8.04. The van der Waals surface area contributed by atoms with E-state index in [-0.39, 0.29) is 16.2 Å². The maximum Gasteiger partial charge on any atom is 0.508 e. The summed E-state index contributed by atoms with van der Waals surface area (Å²) >= 11 is 16.3. The molecule has 0 heterocycles. The monoisotopic (exact) mass is 500 g/mol. The second-order valence-electron chi connectivity index (χ2n) is 8.42. The molecule has 4 nitrogen and oxygen atoms in total. The quantitative estimate of drug-likeness (QED) is 0.128. The van der Waals surface area contributed by atoms with Gasteiger partial charge in [0.25, 0.3) is 0 Å². The molecule has 11 heteroatoms. The summed E-state index contributed by atoms with van der Waals surface area (Å²) in [6.45, 7) is 12.4. The van der Waals surface area contributed by atoms with Crippen molar-refractivity contribution in [3.05, 3.63) is 0 Å². The number of phosphoric acid groups is 1. The van der Waals surface area contributed by atoms with E-state index in [1.807, 2.05) is 0 Å². The summed E-state index contributed by atoms with van der Waals surface area (Å²) in [4.78, 5) is 0. The third kappa shape index (κ3) is 13.4. The van der Waals surface area contributed by atoms with Gasteiger partial charge in [0.05, 0.1) is 0 Å². The van der Waals surface area contributed by atoms with Crippen molar-refractivity contribution in [2.45, 2.75) is 41.5 Å². The molecule has 26 heavy (non-hydrogen) atoms. The van der Waals surface area contributed by atoms with E-state index < -0.39 is 7.82 Å². The van der Waals surface area contributed by atoms with Crippen LogP contribution in [0, 0.1) is 16.2 Å². The third-order valence-corrected chi connectivity index (χ3v) is 11.8. The predicted molar refractivity (Wildman–Crippen MR) is 131 cm³/mol. The molecule has 0 aromatic rings. The largest absolute Gasteiger partial charge is 0.508 e. The summed E-state index contributed by atoms with van der Waals surface area (Å²) in [7, 11) is -3.69. The standard InChI is InChI=1S/C15H33O4PS6/c1-13(2,7-21)10-24-17-20(16,18-25-11-14(3,4)8-22)19-26-12-15(5,6)9-23/h21-23H,7-12H2,1-6H3. The van der Waals surface area contributed by atoms with Crippen LogP contribution in [0.4, 0.5) is 0 Å². The fraction of sp³-hybridized carbons (Fsp3) is 1.00. The molecule has 0 fully saturated rings. The lowest BCUT2D eigenvalue weighted by atomic mass is 10.0. The molecule has 0 saturated carbocycles. The molecule has 0 aliphatic carbocycles. The lowest BCUT2D eigenvalue weighted by molar-refractivity contribution is 0.344. The first-order chi connectivity index (χ1) is 11.8. The summed E-state index contributed by atoms with van der Waals surface area (Å²) < 4.78 is 29.4. The molecule has 158 valence electrons. The Morgan fingerprint density at radius 3 is 1.08 bits per heavy atom. The Morgan fingerprint density at radius 2 is 0.885 bits per heavy atom. The first kappa shape index (κ1) is 28.2. The van der Waals surface area contributed by atoms with E-state index in [4.69, 9.17) is 11.9 Å². The van der Waals surface area contributed by atoms with Gasteiger partial charge in [-0.1, -0.05) is 41.5 Å². The van der Waals surface area contributed by atoms with Crippen LogP contribution in [0.5, 0.6) is 0 Å². The summed E-state index contributed by atoms with van der Waals surface area (Å²) in [5.74, 6) is 3.99. The average molecular weight is 501 g/mol. The average Bonchev–Trinajstić information content (AvgIpc) is 2.54. The predicted octanol–water partition coefficient (Wildman–Crippen LogP) is 6.96. The van der Waals surface area contributed by atoms with Gasteiger partial charge in [0, 0.05) is 53.4 Å². The van der Waals surface area contributed by atoms with Crippen molar-refractivity contribution in [2.24, 2.45) is 16.2 Å². The van der Waals surface area contributed by atoms with Gasteiger partial charge < -0.3 is 0 Å². The molecule has 0 rings (SSSR count). The molecule has 0 bridgehead atoms. The summed E-state index contributed by atoms with van der Waals surface area (Å²) in [6, 6.07) is 0. The van der Waals surface area contributed by atoms with Crippen LogP contribution in [-0.4, -0.2) is 34.5 Å². The fourth-order valence-electron chi connectivity index (χ4n) is 0.925. The third-order valence-electron chi connectivity index (χ3n) is 3.07. The van der Waals surface area contributed by atoms with Crippen LogP contribution in [-0.2, 0) is 16.5 Å². The van der Waals surface area contributed by atoms with Crippen molar-refractivity contribution in [1.29, 1.82) is 0 Å². The summed E-state index contributed by atoms with van der Waals surface area (Å²) in [6.07, 6.45) is 0. The fourth-order valence-corrected chi connectivity index (χ4v) is 6.13. The molecule has 0 atom stereocenters. The highest BCUT2D eigenvalue weighted by Gasteiger charge is 2.33. The Morgan fingerprint density at radius 1 is 0.654 bits per heavy atom.